The standard InChI is InChI=1S/C47H56N8O8/c1-10-12-17-54(44(56)41(27(3)4)52-46(58)61-8)23-39-48-21-37(50-39)31-13-15-33-32(18-31)26-63-38-20-34-30(19-35(33)38)14-16-36-43(34)51-40(49-36)24-55(22-29(11-2)25-60-7)45(57)42(28(5)6)53-47(59)62-9/h1-2,13,15,18-21,27-29,41-42H,12,14,16-17,22-26H2,3-9H3,(H,48,50)(H,49,51)(H,52,58)(H,53,59). The normalized spacial score (nSPS) is 13.7. The van der Waals surface area contributed by atoms with Gasteiger partial charge in [-0.25, -0.2) is 19.6 Å². The molecule has 1 aliphatic carbocycles. The van der Waals surface area contributed by atoms with Gasteiger partial charge in [-0.2, -0.15) is 0 Å². The minimum absolute atomic E-state index is 0.138. The largest absolute Gasteiger partial charge is 0.488 e. The minimum atomic E-state index is -0.845. The predicted octanol–water partition coefficient (Wildman–Crippen LogP) is 5.46. The Hall–Kier alpha value is -6.78. The van der Waals surface area contributed by atoms with Gasteiger partial charge in [0.2, 0.25) is 11.8 Å². The molecule has 0 saturated carbocycles. The number of methoxy groups -OCH3 is 3. The Labute approximate surface area is 368 Å². The van der Waals surface area contributed by atoms with Crippen LogP contribution in [0.1, 0.15) is 62.6 Å². The van der Waals surface area contributed by atoms with Crippen LogP contribution >= 0.6 is 0 Å². The molecule has 0 radical (unpaired) electrons. The highest BCUT2D eigenvalue weighted by atomic mass is 16.5. The predicted molar refractivity (Wildman–Crippen MR) is 236 cm³/mol. The van der Waals surface area contributed by atoms with E-state index in [9.17, 15) is 19.2 Å². The average Bonchev–Trinajstić information content (AvgIpc) is 3.93. The molecule has 16 heteroatoms. The number of amides is 4. The first kappa shape index (κ1) is 45.7. The van der Waals surface area contributed by atoms with Crippen LogP contribution in [0.15, 0.2) is 36.5 Å². The van der Waals surface area contributed by atoms with E-state index in [0.717, 1.165) is 69.1 Å². The zero-order valence-electron chi connectivity index (χ0n) is 36.9. The van der Waals surface area contributed by atoms with E-state index < -0.39 is 24.3 Å². The van der Waals surface area contributed by atoms with Crippen molar-refractivity contribution in [2.24, 2.45) is 17.8 Å². The summed E-state index contributed by atoms with van der Waals surface area (Å²) in [4.78, 5) is 71.5. The first-order chi connectivity index (χ1) is 30.3. The second-order valence-corrected chi connectivity index (χ2v) is 16.4. The van der Waals surface area contributed by atoms with E-state index in [1.165, 1.54) is 14.2 Å². The summed E-state index contributed by atoms with van der Waals surface area (Å²) >= 11 is 0. The molecule has 4 N–H and O–H groups in total. The third-order valence-electron chi connectivity index (χ3n) is 11.3. The van der Waals surface area contributed by atoms with E-state index in [2.05, 4.69) is 55.6 Å². The third-order valence-corrected chi connectivity index (χ3v) is 11.3. The number of nitrogens with one attached hydrogen (secondary N) is 4. The zero-order chi connectivity index (χ0) is 45.4. The number of aromatic nitrogens is 4. The summed E-state index contributed by atoms with van der Waals surface area (Å²) < 4.78 is 21.3. The number of rotatable bonds is 17. The molecule has 4 amide bonds. The molecule has 63 heavy (non-hydrogen) atoms. The summed E-state index contributed by atoms with van der Waals surface area (Å²) in [6, 6.07) is 8.79. The molecule has 0 spiro atoms. The van der Waals surface area contributed by atoms with Crippen LogP contribution in [0.3, 0.4) is 0 Å². The lowest BCUT2D eigenvalue weighted by Gasteiger charge is -2.30. The number of alkyl carbamates (subject to hydrolysis) is 2. The number of benzene rings is 2. The van der Waals surface area contributed by atoms with E-state index in [0.29, 0.717) is 24.7 Å². The van der Waals surface area contributed by atoms with Crippen molar-refractivity contribution in [3.05, 3.63) is 65.0 Å². The molecule has 16 nitrogen and oxygen atoms in total. The van der Waals surface area contributed by atoms with Gasteiger partial charge in [0.25, 0.3) is 0 Å². The molecule has 0 fully saturated rings. The fourth-order valence-electron chi connectivity index (χ4n) is 7.95. The Morgan fingerprint density at radius 1 is 0.841 bits per heavy atom. The maximum atomic E-state index is 14.0. The summed E-state index contributed by atoms with van der Waals surface area (Å²) in [7, 11) is 4.07. The zero-order valence-corrected chi connectivity index (χ0v) is 36.9. The van der Waals surface area contributed by atoms with Gasteiger partial charge < -0.3 is 49.3 Å². The number of carbonyl (C=O) groups excluding carboxylic acids is 4. The van der Waals surface area contributed by atoms with E-state index in [1.807, 2.05) is 39.8 Å². The number of aromatic amines is 2. The Balaban J connectivity index is 1.22. The van der Waals surface area contributed by atoms with Crippen LogP contribution in [0.4, 0.5) is 9.59 Å². The number of hydrogen-bond donors (Lipinski definition) is 4. The number of imidazole rings is 2. The van der Waals surface area contributed by atoms with Gasteiger partial charge in [-0.3, -0.25) is 9.59 Å². The van der Waals surface area contributed by atoms with Crippen molar-refractivity contribution < 1.29 is 38.1 Å². The van der Waals surface area contributed by atoms with Gasteiger partial charge in [-0.15, -0.1) is 18.8 Å². The highest BCUT2D eigenvalue weighted by Gasteiger charge is 2.33. The average molecular weight is 861 g/mol. The molecular weight excluding hydrogens is 805 g/mol. The number of nitrogens with zero attached hydrogens (tertiary/aromatic N) is 4. The number of carbonyl (C=O) groups is 4. The van der Waals surface area contributed by atoms with E-state index >= 15 is 0 Å². The number of fused-ring (bicyclic) bond motifs is 6. The molecule has 2 aliphatic rings. The van der Waals surface area contributed by atoms with Crippen molar-refractivity contribution in [3.63, 3.8) is 0 Å². The van der Waals surface area contributed by atoms with Crippen LogP contribution in [-0.2, 0) is 56.3 Å². The molecule has 6 rings (SSSR count). The maximum Gasteiger partial charge on any atom is 0.407 e. The minimum Gasteiger partial charge on any atom is -0.488 e. The van der Waals surface area contributed by atoms with Crippen LogP contribution in [0.25, 0.3) is 33.6 Å². The van der Waals surface area contributed by atoms with E-state index in [4.69, 9.17) is 36.8 Å². The van der Waals surface area contributed by atoms with Crippen molar-refractivity contribution in [2.45, 2.75) is 78.7 Å². The molecule has 2 aromatic carbocycles. The summed E-state index contributed by atoms with van der Waals surface area (Å²) in [5, 5.41) is 5.32. The number of terminal acetylenes is 2. The second kappa shape index (κ2) is 20.4. The fourth-order valence-corrected chi connectivity index (χ4v) is 7.95. The van der Waals surface area contributed by atoms with Crippen LogP contribution in [0.2, 0.25) is 0 Å². The monoisotopic (exact) mass is 860 g/mol. The lowest BCUT2D eigenvalue weighted by Crippen LogP contribution is -2.52. The van der Waals surface area contributed by atoms with Crippen LogP contribution in [0, 0.1) is 42.4 Å². The Bertz CT molecular complexity index is 2410. The SMILES string of the molecule is C#CCCN(Cc1ncc(-c2ccc3c(c2)COc2cc4c(cc2-3)CCc2[nH]c(CN(CC(C#C)COC)C(=O)C(NC(=O)OC)C(C)C)nc2-4)[nH]1)C(=O)C(NC(=O)OC)C(C)C. The molecule has 3 unspecified atom stereocenters. The van der Waals surface area contributed by atoms with Crippen LogP contribution in [-0.4, -0.2) is 107 Å². The molecule has 2 aromatic heterocycles. The molecule has 0 saturated heterocycles. The van der Waals surface area contributed by atoms with Crippen molar-refractivity contribution in [1.29, 1.82) is 0 Å². The quantitative estimate of drug-likeness (QED) is 0.0992. The van der Waals surface area contributed by atoms with Crippen molar-refractivity contribution >= 4 is 24.0 Å². The van der Waals surface area contributed by atoms with Gasteiger partial charge in [-0.05, 0) is 65.1 Å². The maximum absolute atomic E-state index is 14.0. The van der Waals surface area contributed by atoms with Gasteiger partial charge in [0.05, 0.1) is 57.4 Å². The van der Waals surface area contributed by atoms with Crippen molar-refractivity contribution in [1.82, 2.24) is 40.4 Å². The number of H-pyrrole nitrogens is 2. The Kier molecular flexibility index (Phi) is 14.8. The molecule has 3 heterocycles. The van der Waals surface area contributed by atoms with Crippen molar-refractivity contribution in [2.75, 3.05) is 41.0 Å². The number of hydrogen-bond acceptors (Lipinski definition) is 10. The van der Waals surface area contributed by atoms with Gasteiger partial charge in [0, 0.05) is 43.4 Å². The summed E-state index contributed by atoms with van der Waals surface area (Å²) in [6.45, 7) is 8.80. The number of aryl methyl sites for hydroxylation is 2. The van der Waals surface area contributed by atoms with E-state index in [-0.39, 0.29) is 62.4 Å². The second-order valence-electron chi connectivity index (χ2n) is 16.4. The van der Waals surface area contributed by atoms with Crippen LogP contribution in [0.5, 0.6) is 5.75 Å². The third kappa shape index (κ3) is 10.5. The summed E-state index contributed by atoms with van der Waals surface area (Å²) in [6.07, 6.45) is 13.6. The van der Waals surface area contributed by atoms with Gasteiger partial charge >= 0.3 is 12.2 Å². The van der Waals surface area contributed by atoms with Gasteiger partial charge in [0.15, 0.2) is 0 Å². The number of ether oxygens (including phenoxy) is 4. The first-order valence-corrected chi connectivity index (χ1v) is 21.0. The Morgan fingerprint density at radius 3 is 2.16 bits per heavy atom. The Morgan fingerprint density at radius 2 is 1.52 bits per heavy atom. The highest BCUT2D eigenvalue weighted by molar-refractivity contribution is 5.87. The topological polar surface area (TPSA) is 193 Å². The molecule has 332 valence electrons. The molecular formula is C47H56N8O8. The highest BCUT2D eigenvalue weighted by Crippen LogP contribution is 2.44. The first-order valence-electron chi connectivity index (χ1n) is 21.0. The lowest BCUT2D eigenvalue weighted by molar-refractivity contribution is -0.136. The molecule has 1 aliphatic heterocycles. The van der Waals surface area contributed by atoms with Crippen molar-refractivity contribution in [3.8, 4) is 64.1 Å². The van der Waals surface area contributed by atoms with Crippen LogP contribution < -0.4 is 15.4 Å². The van der Waals surface area contributed by atoms with E-state index in [1.54, 1.807) is 23.1 Å². The smallest absolute Gasteiger partial charge is 0.407 e. The van der Waals surface area contributed by atoms with Gasteiger partial charge in [-0.1, -0.05) is 45.7 Å². The lowest BCUT2D eigenvalue weighted by atomic mass is 9.86. The van der Waals surface area contributed by atoms with Gasteiger partial charge in [0.1, 0.15) is 36.1 Å². The summed E-state index contributed by atoms with van der Waals surface area (Å²) in [5.41, 5.74) is 8.61. The fraction of sp³-hybridized carbons (Fsp3) is 0.447. The molecule has 3 atom stereocenters. The molecule has 4 aromatic rings. The molecule has 0 bridgehead atoms. The summed E-state index contributed by atoms with van der Waals surface area (Å²) in [5.74, 6) is 5.84.